The molecule has 0 radical (unpaired) electrons. The molecule has 1 N–H and O–H groups in total. The van der Waals surface area contributed by atoms with Gasteiger partial charge in [-0.1, -0.05) is 6.07 Å². The van der Waals surface area contributed by atoms with Crippen LogP contribution in [0.2, 0.25) is 0 Å². The highest BCUT2D eigenvalue weighted by atomic mass is 32.1. The van der Waals surface area contributed by atoms with E-state index in [9.17, 15) is 9.90 Å². The fourth-order valence-corrected chi connectivity index (χ4v) is 2.27. The number of carbonyl (C=O) groups is 1. The highest BCUT2D eigenvalue weighted by Crippen LogP contribution is 2.30. The molecule has 1 amide bonds. The number of thiol groups is 1. The molecule has 0 spiro atoms. The van der Waals surface area contributed by atoms with Gasteiger partial charge >= 0.3 is 0 Å². The number of amides is 1. The van der Waals surface area contributed by atoms with Crippen LogP contribution in [-0.2, 0) is 4.79 Å². The summed E-state index contributed by atoms with van der Waals surface area (Å²) in [5.74, 6) is 1.35. The molecular formula is C12H15NO2S. The smallest absolute Gasteiger partial charge is 0.227 e. The third-order valence-electron chi connectivity index (χ3n) is 2.95. The molecule has 1 heterocycles. The average Bonchev–Trinajstić information content (AvgIpc) is 2.63. The zero-order chi connectivity index (χ0) is 11.7. The van der Waals surface area contributed by atoms with Gasteiger partial charge in [0.25, 0.3) is 0 Å². The van der Waals surface area contributed by atoms with Gasteiger partial charge in [0, 0.05) is 19.0 Å². The number of phenolic OH excluding ortho intramolecular Hbond substituents is 1. The van der Waals surface area contributed by atoms with Crippen LogP contribution in [0.3, 0.4) is 0 Å². The second-order valence-corrected chi connectivity index (χ2v) is 4.59. The topological polar surface area (TPSA) is 40.5 Å². The van der Waals surface area contributed by atoms with E-state index >= 15 is 0 Å². The van der Waals surface area contributed by atoms with E-state index in [1.165, 1.54) is 0 Å². The third kappa shape index (κ3) is 2.02. The minimum Gasteiger partial charge on any atom is -0.508 e. The molecule has 1 saturated heterocycles. The van der Waals surface area contributed by atoms with E-state index in [1.54, 1.807) is 17.0 Å². The maximum absolute atomic E-state index is 11.8. The molecule has 86 valence electrons. The van der Waals surface area contributed by atoms with Crippen molar-refractivity contribution in [3.8, 4) is 5.75 Å². The van der Waals surface area contributed by atoms with Crippen molar-refractivity contribution in [3.63, 3.8) is 0 Å². The number of hydrogen-bond donors (Lipinski definition) is 2. The van der Waals surface area contributed by atoms with Crippen molar-refractivity contribution in [1.82, 2.24) is 0 Å². The minimum absolute atomic E-state index is 0.118. The van der Waals surface area contributed by atoms with Crippen LogP contribution in [0.1, 0.15) is 12.0 Å². The summed E-state index contributed by atoms with van der Waals surface area (Å²) in [7, 11) is 0. The summed E-state index contributed by atoms with van der Waals surface area (Å²) in [6.45, 7) is 2.64. The Bertz CT molecular complexity index is 419. The van der Waals surface area contributed by atoms with E-state index in [4.69, 9.17) is 0 Å². The Morgan fingerprint density at radius 3 is 2.94 bits per heavy atom. The highest BCUT2D eigenvalue weighted by Gasteiger charge is 2.30. The number of anilines is 1. The van der Waals surface area contributed by atoms with Crippen LogP contribution in [0.5, 0.6) is 5.75 Å². The minimum atomic E-state index is 0.118. The maximum Gasteiger partial charge on any atom is 0.227 e. The first kappa shape index (κ1) is 11.3. The second-order valence-electron chi connectivity index (χ2n) is 4.23. The van der Waals surface area contributed by atoms with Crippen molar-refractivity contribution in [1.29, 1.82) is 0 Å². The molecule has 1 atom stereocenters. The zero-order valence-corrected chi connectivity index (χ0v) is 10.1. The Labute approximate surface area is 100 Å². The van der Waals surface area contributed by atoms with Crippen LogP contribution >= 0.6 is 12.6 Å². The number of carbonyl (C=O) groups excluding carboxylic acids is 1. The first-order valence-electron chi connectivity index (χ1n) is 5.32. The van der Waals surface area contributed by atoms with E-state index in [1.807, 2.05) is 13.0 Å². The largest absolute Gasteiger partial charge is 0.508 e. The van der Waals surface area contributed by atoms with Crippen molar-refractivity contribution in [3.05, 3.63) is 23.8 Å². The van der Waals surface area contributed by atoms with E-state index < -0.39 is 0 Å². The van der Waals surface area contributed by atoms with Gasteiger partial charge in [-0.2, -0.15) is 12.6 Å². The normalized spacial score (nSPS) is 20.5. The lowest BCUT2D eigenvalue weighted by Gasteiger charge is -2.19. The highest BCUT2D eigenvalue weighted by molar-refractivity contribution is 7.80. The molecule has 4 heteroatoms. The molecule has 1 aromatic carbocycles. The van der Waals surface area contributed by atoms with Gasteiger partial charge < -0.3 is 10.0 Å². The Morgan fingerprint density at radius 2 is 2.31 bits per heavy atom. The Balaban J connectivity index is 2.30. The summed E-state index contributed by atoms with van der Waals surface area (Å²) in [5.41, 5.74) is 1.82. The number of phenols is 1. The van der Waals surface area contributed by atoms with Gasteiger partial charge in [0.05, 0.1) is 5.69 Å². The van der Waals surface area contributed by atoms with Gasteiger partial charge in [-0.3, -0.25) is 4.79 Å². The lowest BCUT2D eigenvalue weighted by Crippen LogP contribution is -2.25. The molecule has 0 saturated carbocycles. The number of rotatable bonds is 2. The fourth-order valence-electron chi connectivity index (χ4n) is 2.03. The molecule has 1 aliphatic heterocycles. The predicted molar refractivity (Wildman–Crippen MR) is 67.2 cm³/mol. The van der Waals surface area contributed by atoms with Gasteiger partial charge in [0.15, 0.2) is 0 Å². The van der Waals surface area contributed by atoms with Crippen molar-refractivity contribution < 1.29 is 9.90 Å². The Morgan fingerprint density at radius 1 is 1.56 bits per heavy atom. The first-order chi connectivity index (χ1) is 7.61. The summed E-state index contributed by atoms with van der Waals surface area (Å²) < 4.78 is 0. The molecule has 0 aliphatic carbocycles. The van der Waals surface area contributed by atoms with Gasteiger partial charge in [-0.05, 0) is 30.2 Å². The van der Waals surface area contributed by atoms with Gasteiger partial charge in [0.1, 0.15) is 5.75 Å². The van der Waals surface area contributed by atoms with Crippen LogP contribution in [0, 0.1) is 12.8 Å². The molecule has 1 aromatic rings. The van der Waals surface area contributed by atoms with Crippen molar-refractivity contribution in [2.45, 2.75) is 13.3 Å². The lowest BCUT2D eigenvalue weighted by atomic mass is 10.1. The molecular weight excluding hydrogens is 222 g/mol. The standard InChI is InChI=1S/C12H15NO2S/c1-8-2-3-10(14)5-11(8)13-6-9(7-16)4-12(13)15/h2-3,5,9,14,16H,4,6-7H2,1H3. The van der Waals surface area contributed by atoms with Crippen LogP contribution in [0.4, 0.5) is 5.69 Å². The Hall–Kier alpha value is -1.16. The Kier molecular flexibility index (Phi) is 3.10. The molecule has 0 bridgehead atoms. The lowest BCUT2D eigenvalue weighted by molar-refractivity contribution is -0.117. The second kappa shape index (κ2) is 4.37. The monoisotopic (exact) mass is 237 g/mol. The van der Waals surface area contributed by atoms with Crippen molar-refractivity contribution >= 4 is 24.2 Å². The summed E-state index contributed by atoms with van der Waals surface area (Å²) in [6, 6.07) is 5.11. The number of nitrogens with zero attached hydrogens (tertiary/aromatic N) is 1. The molecule has 1 aliphatic rings. The average molecular weight is 237 g/mol. The van der Waals surface area contributed by atoms with Crippen LogP contribution in [-0.4, -0.2) is 23.3 Å². The predicted octanol–water partition coefficient (Wildman–Crippen LogP) is 1.98. The van der Waals surface area contributed by atoms with E-state index in [-0.39, 0.29) is 11.7 Å². The quantitative estimate of drug-likeness (QED) is 0.772. The number of benzene rings is 1. The zero-order valence-electron chi connectivity index (χ0n) is 9.18. The van der Waals surface area contributed by atoms with Crippen LogP contribution in [0.25, 0.3) is 0 Å². The number of hydrogen-bond acceptors (Lipinski definition) is 3. The first-order valence-corrected chi connectivity index (χ1v) is 5.96. The van der Waals surface area contributed by atoms with E-state index in [2.05, 4.69) is 12.6 Å². The third-order valence-corrected chi connectivity index (χ3v) is 3.46. The molecule has 2 rings (SSSR count). The van der Waals surface area contributed by atoms with E-state index in [0.29, 0.717) is 18.9 Å². The van der Waals surface area contributed by atoms with Crippen LogP contribution in [0.15, 0.2) is 18.2 Å². The molecule has 16 heavy (non-hydrogen) atoms. The number of aromatic hydroxyl groups is 1. The summed E-state index contributed by atoms with van der Waals surface area (Å²) in [6.07, 6.45) is 0.554. The molecule has 0 aromatic heterocycles. The fraction of sp³-hybridized carbons (Fsp3) is 0.417. The SMILES string of the molecule is Cc1ccc(O)cc1N1CC(CS)CC1=O. The molecule has 3 nitrogen and oxygen atoms in total. The maximum atomic E-state index is 11.8. The van der Waals surface area contributed by atoms with Crippen molar-refractivity contribution in [2.75, 3.05) is 17.2 Å². The summed E-state index contributed by atoms with van der Waals surface area (Å²) in [5, 5.41) is 9.45. The van der Waals surface area contributed by atoms with Crippen molar-refractivity contribution in [2.24, 2.45) is 5.92 Å². The molecule has 1 unspecified atom stereocenters. The van der Waals surface area contributed by atoms with Gasteiger partial charge in [0.2, 0.25) is 5.91 Å². The summed E-state index contributed by atoms with van der Waals surface area (Å²) >= 11 is 4.23. The van der Waals surface area contributed by atoms with Gasteiger partial charge in [-0.15, -0.1) is 0 Å². The van der Waals surface area contributed by atoms with Gasteiger partial charge in [-0.25, -0.2) is 0 Å². The number of aryl methyl sites for hydroxylation is 1. The van der Waals surface area contributed by atoms with E-state index in [0.717, 1.165) is 17.0 Å². The van der Waals surface area contributed by atoms with Crippen LogP contribution < -0.4 is 4.90 Å². The molecule has 1 fully saturated rings. The summed E-state index contributed by atoms with van der Waals surface area (Å²) in [4.78, 5) is 13.6.